The van der Waals surface area contributed by atoms with Crippen LogP contribution in [0.2, 0.25) is 0 Å². The summed E-state index contributed by atoms with van der Waals surface area (Å²) in [6.07, 6.45) is 2.12. The minimum Gasteiger partial charge on any atom is -0.359 e. The van der Waals surface area contributed by atoms with Gasteiger partial charge in [0.15, 0.2) is 5.96 Å². The van der Waals surface area contributed by atoms with Gasteiger partial charge in [-0.15, -0.1) is 0 Å². The number of nitriles is 1. The molecule has 0 saturated heterocycles. The fourth-order valence-corrected chi connectivity index (χ4v) is 3.79. The van der Waals surface area contributed by atoms with Crippen LogP contribution in [0.1, 0.15) is 29.5 Å². The number of nitrogens with zero attached hydrogens (tertiary/aromatic N) is 2. The molecule has 1 spiro atoms. The average Bonchev–Trinajstić information content (AvgIpc) is 2.98. The molecule has 0 radical (unpaired) electrons. The number of carbonyl (C=O) groups excluding carboxylic acids is 1. The molecule has 25 heavy (non-hydrogen) atoms. The quantitative estimate of drug-likeness (QED) is 0.843. The number of aryl methyl sites for hydroxylation is 1. The fourth-order valence-electron chi connectivity index (χ4n) is 3.79. The number of guanidine groups is 1. The van der Waals surface area contributed by atoms with Gasteiger partial charge in [0.1, 0.15) is 0 Å². The molecule has 0 bridgehead atoms. The highest BCUT2D eigenvalue weighted by Crippen LogP contribution is 2.45. The van der Waals surface area contributed by atoms with E-state index in [2.05, 4.69) is 34.9 Å². The topological polar surface area (TPSA) is 77.3 Å². The molecular formula is C20H18N4O. The summed E-state index contributed by atoms with van der Waals surface area (Å²) in [6, 6.07) is 16.1. The number of hydrogen-bond acceptors (Lipinski definition) is 4. The van der Waals surface area contributed by atoms with Crippen LogP contribution in [0, 0.1) is 11.3 Å². The Balaban J connectivity index is 1.83. The van der Waals surface area contributed by atoms with Gasteiger partial charge in [0.05, 0.1) is 23.6 Å². The number of fused-ring (bicyclic) bond motifs is 2. The highest BCUT2D eigenvalue weighted by atomic mass is 16.2. The van der Waals surface area contributed by atoms with E-state index in [0.717, 1.165) is 29.5 Å². The van der Waals surface area contributed by atoms with Crippen LogP contribution in [0.5, 0.6) is 0 Å². The summed E-state index contributed by atoms with van der Waals surface area (Å²) in [5.41, 5.74) is 4.56. The molecule has 0 saturated carbocycles. The number of carbonyl (C=O) groups is 1. The third-order valence-corrected chi connectivity index (χ3v) is 5.02. The minimum atomic E-state index is -0.487. The third kappa shape index (κ3) is 2.56. The van der Waals surface area contributed by atoms with Crippen molar-refractivity contribution in [2.45, 2.75) is 24.8 Å². The number of benzene rings is 2. The Bertz CT molecular complexity index is 941. The second-order valence-electron chi connectivity index (χ2n) is 6.53. The molecule has 0 unspecified atom stereocenters. The lowest BCUT2D eigenvalue weighted by Crippen LogP contribution is -2.48. The normalized spacial score (nSPS) is 21.3. The van der Waals surface area contributed by atoms with E-state index < -0.39 is 5.54 Å². The van der Waals surface area contributed by atoms with Crippen LogP contribution in [0.15, 0.2) is 47.5 Å². The van der Waals surface area contributed by atoms with Crippen LogP contribution in [0.3, 0.4) is 0 Å². The van der Waals surface area contributed by atoms with Crippen molar-refractivity contribution >= 4 is 11.9 Å². The van der Waals surface area contributed by atoms with Crippen molar-refractivity contribution < 1.29 is 4.79 Å². The fraction of sp³-hybridized carbons (Fsp3) is 0.250. The van der Waals surface area contributed by atoms with Crippen LogP contribution >= 0.6 is 0 Å². The van der Waals surface area contributed by atoms with Crippen LogP contribution in [-0.2, 0) is 16.8 Å². The molecule has 1 atom stereocenters. The van der Waals surface area contributed by atoms with E-state index in [9.17, 15) is 4.79 Å². The van der Waals surface area contributed by atoms with Crippen LogP contribution in [-0.4, -0.2) is 18.9 Å². The smallest absolute Gasteiger partial charge is 0.229 e. The third-order valence-electron chi connectivity index (χ3n) is 5.02. The van der Waals surface area contributed by atoms with E-state index >= 15 is 0 Å². The van der Waals surface area contributed by atoms with Gasteiger partial charge < -0.3 is 5.32 Å². The van der Waals surface area contributed by atoms with E-state index in [1.165, 1.54) is 5.56 Å². The van der Waals surface area contributed by atoms with E-state index in [4.69, 9.17) is 10.3 Å². The summed E-state index contributed by atoms with van der Waals surface area (Å²) in [5.74, 6) is 0.519. The molecule has 5 nitrogen and oxygen atoms in total. The van der Waals surface area contributed by atoms with Crippen molar-refractivity contribution in [2.24, 2.45) is 4.99 Å². The Kier molecular flexibility index (Phi) is 3.54. The van der Waals surface area contributed by atoms with E-state index in [1.807, 2.05) is 18.2 Å². The molecular weight excluding hydrogens is 312 g/mol. The van der Waals surface area contributed by atoms with E-state index in [-0.39, 0.29) is 5.91 Å². The zero-order valence-corrected chi connectivity index (χ0v) is 14.0. The molecule has 4 rings (SSSR count). The number of nitrogens with one attached hydrogen (secondary N) is 2. The lowest BCUT2D eigenvalue weighted by Gasteiger charge is -2.31. The summed E-state index contributed by atoms with van der Waals surface area (Å²) in [4.78, 5) is 17.0. The van der Waals surface area contributed by atoms with Crippen molar-refractivity contribution in [3.8, 4) is 17.2 Å². The Labute approximate surface area is 146 Å². The predicted molar refractivity (Wildman–Crippen MR) is 95.8 cm³/mol. The molecule has 0 aromatic heterocycles. The van der Waals surface area contributed by atoms with Gasteiger partial charge in [-0.05, 0) is 53.3 Å². The lowest BCUT2D eigenvalue weighted by atomic mass is 9.86. The van der Waals surface area contributed by atoms with Crippen molar-refractivity contribution in [3.05, 3.63) is 59.2 Å². The molecule has 0 fully saturated rings. The van der Waals surface area contributed by atoms with Gasteiger partial charge in [-0.25, -0.2) is 4.99 Å². The van der Waals surface area contributed by atoms with Crippen molar-refractivity contribution in [2.75, 3.05) is 7.05 Å². The van der Waals surface area contributed by atoms with E-state index in [0.29, 0.717) is 17.9 Å². The molecule has 2 aliphatic rings. The second-order valence-corrected chi connectivity index (χ2v) is 6.53. The first kappa shape index (κ1) is 15.4. The molecule has 1 heterocycles. The van der Waals surface area contributed by atoms with E-state index in [1.54, 1.807) is 13.1 Å². The van der Waals surface area contributed by atoms with Gasteiger partial charge in [-0.1, -0.05) is 24.3 Å². The van der Waals surface area contributed by atoms with Gasteiger partial charge >= 0.3 is 0 Å². The Morgan fingerprint density at radius 1 is 1.24 bits per heavy atom. The van der Waals surface area contributed by atoms with Crippen molar-refractivity contribution in [3.63, 3.8) is 0 Å². The molecule has 2 aromatic carbocycles. The largest absolute Gasteiger partial charge is 0.359 e. The first-order valence-corrected chi connectivity index (χ1v) is 8.35. The molecule has 2 aromatic rings. The predicted octanol–water partition coefficient (Wildman–Crippen LogP) is 2.46. The highest BCUT2D eigenvalue weighted by molar-refractivity contribution is 6.00. The number of amides is 1. The highest BCUT2D eigenvalue weighted by Gasteiger charge is 2.43. The molecule has 1 amide bonds. The van der Waals surface area contributed by atoms with Crippen LogP contribution in [0.4, 0.5) is 0 Å². The minimum absolute atomic E-state index is 0.0101. The number of rotatable bonds is 1. The van der Waals surface area contributed by atoms with Crippen molar-refractivity contribution in [1.82, 2.24) is 10.6 Å². The average molecular weight is 330 g/mol. The number of hydrogen-bond donors (Lipinski definition) is 2. The second kappa shape index (κ2) is 5.75. The van der Waals surface area contributed by atoms with Gasteiger partial charge in [-0.2, -0.15) is 5.26 Å². The summed E-state index contributed by atoms with van der Waals surface area (Å²) in [7, 11) is 1.76. The summed E-state index contributed by atoms with van der Waals surface area (Å²) >= 11 is 0. The zero-order valence-electron chi connectivity index (χ0n) is 14.0. The SMILES string of the molecule is CNC1=N[C@@]2(CCc3ccc(-c4cccc(C#N)c4)cc32)CC(=O)N1. The molecule has 1 aliphatic heterocycles. The molecule has 5 heteroatoms. The molecule has 1 aliphatic carbocycles. The monoisotopic (exact) mass is 330 g/mol. The maximum absolute atomic E-state index is 12.2. The van der Waals surface area contributed by atoms with Crippen LogP contribution in [0.25, 0.3) is 11.1 Å². The summed E-state index contributed by atoms with van der Waals surface area (Å²) in [6.45, 7) is 0. The van der Waals surface area contributed by atoms with Crippen LogP contribution < -0.4 is 10.6 Å². The molecule has 124 valence electrons. The number of aliphatic imine (C=N–C) groups is 1. The lowest BCUT2D eigenvalue weighted by molar-refractivity contribution is -0.121. The summed E-state index contributed by atoms with van der Waals surface area (Å²) in [5, 5.41) is 14.9. The molecule has 2 N–H and O–H groups in total. The maximum Gasteiger partial charge on any atom is 0.229 e. The Morgan fingerprint density at radius 3 is 2.88 bits per heavy atom. The maximum atomic E-state index is 12.2. The van der Waals surface area contributed by atoms with Crippen molar-refractivity contribution in [1.29, 1.82) is 5.26 Å². The Hall–Kier alpha value is -3.13. The Morgan fingerprint density at radius 2 is 2.08 bits per heavy atom. The first-order valence-electron chi connectivity index (χ1n) is 8.35. The standard InChI is InChI=1S/C20H18N4O/c1-22-19-23-18(25)11-20(24-19)8-7-14-5-6-16(10-17(14)20)15-4-2-3-13(9-15)12-21/h2-6,9-10H,7-8,11H2,1H3,(H2,22,23,24,25)/t20-/m0/s1. The van der Waals surface area contributed by atoms with Gasteiger partial charge in [0, 0.05) is 7.05 Å². The van der Waals surface area contributed by atoms with Gasteiger partial charge in [-0.3, -0.25) is 10.1 Å². The van der Waals surface area contributed by atoms with Gasteiger partial charge in [0.25, 0.3) is 0 Å². The van der Waals surface area contributed by atoms with Gasteiger partial charge in [0.2, 0.25) is 5.91 Å². The summed E-state index contributed by atoms with van der Waals surface area (Å²) < 4.78 is 0. The zero-order chi connectivity index (χ0) is 17.4. The first-order chi connectivity index (χ1) is 12.1.